The molecule has 0 N–H and O–H groups in total. The molecule has 0 aromatic heterocycles. The van der Waals surface area contributed by atoms with Crippen LogP contribution in [0, 0.1) is 0 Å². The number of hydrogen-bond donors (Lipinski definition) is 0. The Bertz CT molecular complexity index is 540. The summed E-state index contributed by atoms with van der Waals surface area (Å²) in [4.78, 5) is 13.4. The molecule has 0 unspecified atom stereocenters. The van der Waals surface area contributed by atoms with E-state index in [9.17, 15) is 4.79 Å². The lowest BCUT2D eigenvalue weighted by Crippen LogP contribution is -2.36. The van der Waals surface area contributed by atoms with E-state index in [-0.39, 0.29) is 6.09 Å². The minimum atomic E-state index is -0.527. The first-order valence-electron chi connectivity index (χ1n) is 7.60. The average molecular weight is 404 g/mol. The van der Waals surface area contributed by atoms with Crippen LogP contribution in [0.2, 0.25) is 0 Å². The van der Waals surface area contributed by atoms with Crippen molar-refractivity contribution in [2.75, 3.05) is 34.4 Å². The SMILES string of the molecule is COC(OC)c1cc(Br)ccc1OCCN(C)C(=O)OC(C)(C)C. The molecule has 6 nitrogen and oxygen atoms in total. The molecule has 0 atom stereocenters. The minimum absolute atomic E-state index is 0.324. The van der Waals surface area contributed by atoms with Gasteiger partial charge in [0, 0.05) is 25.7 Å². The van der Waals surface area contributed by atoms with Crippen LogP contribution in [0.3, 0.4) is 0 Å². The molecule has 1 aromatic rings. The van der Waals surface area contributed by atoms with E-state index in [0.29, 0.717) is 18.9 Å². The Morgan fingerprint density at radius 3 is 2.42 bits per heavy atom. The number of methoxy groups -OCH3 is 2. The highest BCUT2D eigenvalue weighted by Gasteiger charge is 2.20. The van der Waals surface area contributed by atoms with E-state index in [1.807, 2.05) is 39.0 Å². The van der Waals surface area contributed by atoms with Crippen LogP contribution in [0.15, 0.2) is 22.7 Å². The molecule has 24 heavy (non-hydrogen) atoms. The second-order valence-corrected chi connectivity index (χ2v) is 7.15. The van der Waals surface area contributed by atoms with Gasteiger partial charge in [-0.15, -0.1) is 0 Å². The van der Waals surface area contributed by atoms with Gasteiger partial charge in [-0.3, -0.25) is 0 Å². The molecule has 1 aromatic carbocycles. The van der Waals surface area contributed by atoms with Gasteiger partial charge in [0.1, 0.15) is 18.0 Å². The first-order chi connectivity index (χ1) is 11.2. The van der Waals surface area contributed by atoms with E-state index in [4.69, 9.17) is 18.9 Å². The number of likely N-dealkylation sites (N-methyl/N-ethyl adjacent to an activating group) is 1. The Labute approximate surface area is 152 Å². The molecular weight excluding hydrogens is 378 g/mol. The molecule has 7 heteroatoms. The molecule has 1 rings (SSSR count). The molecular formula is C17H26BrNO5. The average Bonchev–Trinajstić information content (AvgIpc) is 2.48. The van der Waals surface area contributed by atoms with Crippen LogP contribution < -0.4 is 4.74 Å². The van der Waals surface area contributed by atoms with Gasteiger partial charge in [-0.1, -0.05) is 15.9 Å². The van der Waals surface area contributed by atoms with Crippen molar-refractivity contribution in [3.05, 3.63) is 28.2 Å². The lowest BCUT2D eigenvalue weighted by atomic mass is 10.2. The molecule has 0 fully saturated rings. The van der Waals surface area contributed by atoms with E-state index < -0.39 is 11.9 Å². The van der Waals surface area contributed by atoms with E-state index in [2.05, 4.69) is 15.9 Å². The Morgan fingerprint density at radius 2 is 1.88 bits per heavy atom. The predicted molar refractivity (Wildman–Crippen MR) is 95.3 cm³/mol. The number of halogens is 1. The van der Waals surface area contributed by atoms with E-state index >= 15 is 0 Å². The normalized spacial score (nSPS) is 11.5. The number of carbonyl (C=O) groups is 1. The molecule has 0 saturated heterocycles. The van der Waals surface area contributed by atoms with Gasteiger partial charge < -0.3 is 23.8 Å². The van der Waals surface area contributed by atoms with Crippen molar-refractivity contribution in [2.45, 2.75) is 32.7 Å². The zero-order valence-corrected chi connectivity index (χ0v) is 16.7. The highest BCUT2D eigenvalue weighted by atomic mass is 79.9. The Hall–Kier alpha value is -1.31. The fourth-order valence-corrected chi connectivity index (χ4v) is 2.29. The number of nitrogens with zero attached hydrogens (tertiary/aromatic N) is 1. The largest absolute Gasteiger partial charge is 0.491 e. The fourth-order valence-electron chi connectivity index (χ4n) is 1.91. The third-order valence-corrected chi connectivity index (χ3v) is 3.54. The molecule has 0 radical (unpaired) electrons. The number of ether oxygens (including phenoxy) is 4. The third kappa shape index (κ3) is 6.67. The maximum atomic E-state index is 11.9. The molecule has 0 spiro atoms. The van der Waals surface area contributed by atoms with Crippen LogP contribution in [0.25, 0.3) is 0 Å². The van der Waals surface area contributed by atoms with Crippen molar-refractivity contribution >= 4 is 22.0 Å². The summed E-state index contributed by atoms with van der Waals surface area (Å²) in [5.41, 5.74) is 0.254. The van der Waals surface area contributed by atoms with Gasteiger partial charge in [-0.25, -0.2) is 4.79 Å². The smallest absolute Gasteiger partial charge is 0.410 e. The predicted octanol–water partition coefficient (Wildman–Crippen LogP) is 3.99. The maximum absolute atomic E-state index is 11.9. The van der Waals surface area contributed by atoms with Gasteiger partial charge in [0.05, 0.1) is 12.1 Å². The summed E-state index contributed by atoms with van der Waals surface area (Å²) in [6.45, 7) is 6.22. The number of rotatable bonds is 7. The fraction of sp³-hybridized carbons (Fsp3) is 0.588. The Morgan fingerprint density at radius 1 is 1.25 bits per heavy atom. The molecule has 0 saturated carbocycles. The lowest BCUT2D eigenvalue weighted by molar-refractivity contribution is -0.107. The Balaban J connectivity index is 2.66. The van der Waals surface area contributed by atoms with Gasteiger partial charge in [-0.05, 0) is 39.0 Å². The second-order valence-electron chi connectivity index (χ2n) is 6.24. The Kier molecular flexibility index (Phi) is 7.99. The first kappa shape index (κ1) is 20.7. The van der Waals surface area contributed by atoms with Crippen molar-refractivity contribution in [1.82, 2.24) is 4.90 Å². The standard InChI is InChI=1S/C17H26BrNO5/c1-17(2,3)24-16(20)19(4)9-10-23-14-8-7-12(18)11-13(14)15(21-5)22-6/h7-8,11,15H,9-10H2,1-6H3. The summed E-state index contributed by atoms with van der Waals surface area (Å²) in [6, 6.07) is 5.58. The third-order valence-electron chi connectivity index (χ3n) is 3.04. The maximum Gasteiger partial charge on any atom is 0.410 e. The highest BCUT2D eigenvalue weighted by molar-refractivity contribution is 9.10. The van der Waals surface area contributed by atoms with Crippen molar-refractivity contribution < 1.29 is 23.7 Å². The number of hydrogen-bond acceptors (Lipinski definition) is 5. The van der Waals surface area contributed by atoms with Crippen LogP contribution in [-0.2, 0) is 14.2 Å². The van der Waals surface area contributed by atoms with Crippen molar-refractivity contribution in [3.63, 3.8) is 0 Å². The molecule has 1 amide bonds. The summed E-state index contributed by atoms with van der Waals surface area (Å²) in [5.74, 6) is 0.643. The van der Waals surface area contributed by atoms with Gasteiger partial charge in [0.2, 0.25) is 0 Å². The van der Waals surface area contributed by atoms with E-state index in [1.165, 1.54) is 4.90 Å². The van der Waals surface area contributed by atoms with Gasteiger partial charge in [-0.2, -0.15) is 0 Å². The van der Waals surface area contributed by atoms with Crippen LogP contribution in [-0.4, -0.2) is 51.0 Å². The molecule has 0 aliphatic rings. The zero-order valence-electron chi connectivity index (χ0n) is 15.1. The van der Waals surface area contributed by atoms with E-state index in [1.54, 1.807) is 21.3 Å². The van der Waals surface area contributed by atoms with Crippen molar-refractivity contribution in [1.29, 1.82) is 0 Å². The monoisotopic (exact) mass is 403 g/mol. The molecule has 0 aliphatic heterocycles. The molecule has 0 heterocycles. The lowest BCUT2D eigenvalue weighted by Gasteiger charge is -2.25. The molecule has 0 aliphatic carbocycles. The summed E-state index contributed by atoms with van der Waals surface area (Å²) in [5, 5.41) is 0. The number of amides is 1. The first-order valence-corrected chi connectivity index (χ1v) is 8.39. The van der Waals surface area contributed by atoms with Crippen molar-refractivity contribution in [3.8, 4) is 5.75 Å². The van der Waals surface area contributed by atoms with E-state index in [0.717, 1.165) is 10.0 Å². The topological polar surface area (TPSA) is 57.2 Å². The van der Waals surface area contributed by atoms with Crippen LogP contribution in [0.4, 0.5) is 4.79 Å². The number of carbonyl (C=O) groups excluding carboxylic acids is 1. The quantitative estimate of drug-likeness (QED) is 0.644. The summed E-state index contributed by atoms with van der Waals surface area (Å²) < 4.78 is 22.6. The highest BCUT2D eigenvalue weighted by Crippen LogP contribution is 2.30. The van der Waals surface area contributed by atoms with Gasteiger partial charge in [0.25, 0.3) is 0 Å². The van der Waals surface area contributed by atoms with Gasteiger partial charge >= 0.3 is 6.09 Å². The van der Waals surface area contributed by atoms with Crippen LogP contribution in [0.5, 0.6) is 5.75 Å². The zero-order chi connectivity index (χ0) is 18.3. The van der Waals surface area contributed by atoms with Gasteiger partial charge in [0.15, 0.2) is 6.29 Å². The molecule has 136 valence electrons. The summed E-state index contributed by atoms with van der Waals surface area (Å²) in [7, 11) is 4.80. The molecule has 0 bridgehead atoms. The van der Waals surface area contributed by atoms with Crippen molar-refractivity contribution in [2.24, 2.45) is 0 Å². The number of benzene rings is 1. The minimum Gasteiger partial charge on any atom is -0.491 e. The van der Waals surface area contributed by atoms with Crippen LogP contribution in [0.1, 0.15) is 32.6 Å². The second kappa shape index (κ2) is 9.25. The summed E-state index contributed by atoms with van der Waals surface area (Å²) in [6.07, 6.45) is -0.908. The summed E-state index contributed by atoms with van der Waals surface area (Å²) >= 11 is 3.43. The van der Waals surface area contributed by atoms with Crippen LogP contribution >= 0.6 is 15.9 Å².